The molecule has 1 aromatic heterocycles. The summed E-state index contributed by atoms with van der Waals surface area (Å²) < 4.78 is 7.47. The molecule has 1 unspecified atom stereocenters. The molecule has 1 N–H and O–H groups in total. The first-order valence-corrected chi connectivity index (χ1v) is 10.4. The number of hydrogen-bond donors (Lipinski definition) is 1. The van der Waals surface area contributed by atoms with Gasteiger partial charge in [0.25, 0.3) is 5.91 Å². The number of ether oxygens (including phenoxy) is 1. The molecule has 1 fully saturated rings. The first-order valence-electron chi connectivity index (χ1n) is 9.14. The number of benzene rings is 1. The Labute approximate surface area is 179 Å². The van der Waals surface area contributed by atoms with E-state index in [9.17, 15) is 9.59 Å². The summed E-state index contributed by atoms with van der Waals surface area (Å²) in [6.07, 6.45) is 7.87. The van der Waals surface area contributed by atoms with Gasteiger partial charge in [-0.15, -0.1) is 0 Å². The summed E-state index contributed by atoms with van der Waals surface area (Å²) >= 11 is 6.56. The smallest absolute Gasteiger partial charge is 0.266 e. The first-order chi connectivity index (χ1) is 14.0. The molecule has 2 aromatic rings. The van der Waals surface area contributed by atoms with Gasteiger partial charge in [-0.05, 0) is 37.1 Å². The lowest BCUT2D eigenvalue weighted by molar-refractivity contribution is -0.132. The molecule has 2 amide bonds. The average Bonchev–Trinajstić information content (AvgIpc) is 3.33. The van der Waals surface area contributed by atoms with Crippen LogP contribution in [0.4, 0.5) is 0 Å². The molecule has 0 bridgehead atoms. The fraction of sp³-hybridized carbons (Fsp3) is 0.300. The SMILES string of the molecule is COc1ccc(/C=C2\SC(=S)N(C(C)C(=O)NCCCn3ccnc3)C2=O)cc1. The number of methoxy groups -OCH3 is 1. The van der Waals surface area contributed by atoms with Crippen LogP contribution in [0.5, 0.6) is 5.75 Å². The van der Waals surface area contributed by atoms with E-state index in [4.69, 9.17) is 17.0 Å². The van der Waals surface area contributed by atoms with Gasteiger partial charge >= 0.3 is 0 Å². The third-order valence-electron chi connectivity index (χ3n) is 4.46. The van der Waals surface area contributed by atoms with E-state index < -0.39 is 6.04 Å². The van der Waals surface area contributed by atoms with Gasteiger partial charge in [0.05, 0.1) is 18.3 Å². The van der Waals surface area contributed by atoms with Crippen molar-refractivity contribution in [2.24, 2.45) is 0 Å². The molecule has 9 heteroatoms. The van der Waals surface area contributed by atoms with Crippen LogP contribution in [0, 0.1) is 0 Å². The van der Waals surface area contributed by atoms with Gasteiger partial charge in [-0.25, -0.2) is 4.98 Å². The number of aromatic nitrogens is 2. The normalized spacial score (nSPS) is 16.3. The number of thioether (sulfide) groups is 1. The van der Waals surface area contributed by atoms with Gasteiger partial charge < -0.3 is 14.6 Å². The van der Waals surface area contributed by atoms with Gasteiger partial charge in [-0.3, -0.25) is 14.5 Å². The fourth-order valence-corrected chi connectivity index (χ4v) is 4.24. The zero-order chi connectivity index (χ0) is 20.8. The largest absolute Gasteiger partial charge is 0.497 e. The minimum Gasteiger partial charge on any atom is -0.497 e. The van der Waals surface area contributed by atoms with Crippen LogP contribution in [0.2, 0.25) is 0 Å². The molecule has 0 saturated carbocycles. The van der Waals surface area contributed by atoms with E-state index in [0.29, 0.717) is 15.8 Å². The Balaban J connectivity index is 1.57. The highest BCUT2D eigenvalue weighted by Crippen LogP contribution is 2.34. The number of nitrogens with zero attached hydrogens (tertiary/aromatic N) is 3. The molecular weight excluding hydrogens is 408 g/mol. The summed E-state index contributed by atoms with van der Waals surface area (Å²) in [5.74, 6) is 0.266. The van der Waals surface area contributed by atoms with Crippen LogP contribution in [0.3, 0.4) is 0 Å². The van der Waals surface area contributed by atoms with Crippen molar-refractivity contribution in [1.82, 2.24) is 19.8 Å². The lowest BCUT2D eigenvalue weighted by atomic mass is 10.2. The topological polar surface area (TPSA) is 76.5 Å². The van der Waals surface area contributed by atoms with Crippen LogP contribution in [-0.4, -0.2) is 50.3 Å². The molecule has 152 valence electrons. The molecule has 7 nitrogen and oxygen atoms in total. The van der Waals surface area contributed by atoms with Crippen molar-refractivity contribution in [1.29, 1.82) is 0 Å². The third kappa shape index (κ3) is 5.24. The van der Waals surface area contributed by atoms with Crippen LogP contribution in [0.25, 0.3) is 6.08 Å². The maximum Gasteiger partial charge on any atom is 0.266 e. The molecule has 3 rings (SSSR count). The third-order valence-corrected chi connectivity index (χ3v) is 5.79. The Bertz CT molecular complexity index is 910. The summed E-state index contributed by atoms with van der Waals surface area (Å²) in [7, 11) is 1.60. The van der Waals surface area contributed by atoms with E-state index in [1.54, 1.807) is 32.6 Å². The minimum atomic E-state index is -0.669. The predicted molar refractivity (Wildman–Crippen MR) is 117 cm³/mol. The highest BCUT2D eigenvalue weighted by molar-refractivity contribution is 8.26. The molecular formula is C20H22N4O3S2. The quantitative estimate of drug-likeness (QED) is 0.394. The molecule has 1 saturated heterocycles. The van der Waals surface area contributed by atoms with E-state index in [1.807, 2.05) is 35.0 Å². The van der Waals surface area contributed by atoms with Crippen LogP contribution >= 0.6 is 24.0 Å². The van der Waals surface area contributed by atoms with E-state index in [2.05, 4.69) is 10.3 Å². The second-order valence-corrected chi connectivity index (χ2v) is 8.12. The number of carbonyl (C=O) groups is 2. The van der Waals surface area contributed by atoms with Crippen LogP contribution in [-0.2, 0) is 16.1 Å². The van der Waals surface area contributed by atoms with Crippen molar-refractivity contribution >= 4 is 46.2 Å². The molecule has 29 heavy (non-hydrogen) atoms. The molecule has 0 aliphatic carbocycles. The number of rotatable bonds is 8. The molecule has 1 aliphatic heterocycles. The lowest BCUT2D eigenvalue weighted by Crippen LogP contribution is -2.47. The van der Waals surface area contributed by atoms with Crippen molar-refractivity contribution in [3.8, 4) is 5.75 Å². The molecule has 1 aromatic carbocycles. The van der Waals surface area contributed by atoms with Crippen molar-refractivity contribution < 1.29 is 14.3 Å². The Morgan fingerprint density at radius 3 is 2.79 bits per heavy atom. The number of amides is 2. The second-order valence-electron chi connectivity index (χ2n) is 6.45. The number of aryl methyl sites for hydroxylation is 1. The predicted octanol–water partition coefficient (Wildman–Crippen LogP) is 2.69. The standard InChI is InChI=1S/C20H22N4O3S2/c1-14(18(25)22-8-3-10-23-11-9-21-13-23)24-19(26)17(29-20(24)28)12-15-4-6-16(27-2)7-5-15/h4-7,9,11-14H,3,8,10H2,1-2H3,(H,22,25)/b17-12-. The van der Waals surface area contributed by atoms with Crippen molar-refractivity contribution in [3.05, 3.63) is 53.5 Å². The van der Waals surface area contributed by atoms with Crippen molar-refractivity contribution in [2.75, 3.05) is 13.7 Å². The molecule has 1 aliphatic rings. The summed E-state index contributed by atoms with van der Waals surface area (Å²) in [6.45, 7) is 2.96. The van der Waals surface area contributed by atoms with E-state index >= 15 is 0 Å². The number of carbonyl (C=O) groups excluding carboxylic acids is 2. The Morgan fingerprint density at radius 1 is 1.38 bits per heavy atom. The molecule has 0 radical (unpaired) electrons. The lowest BCUT2D eigenvalue weighted by Gasteiger charge is -2.22. The Morgan fingerprint density at radius 2 is 2.14 bits per heavy atom. The van der Waals surface area contributed by atoms with Crippen molar-refractivity contribution in [3.63, 3.8) is 0 Å². The van der Waals surface area contributed by atoms with Crippen LogP contribution in [0.15, 0.2) is 47.9 Å². The van der Waals surface area contributed by atoms with Gasteiger partial charge in [-0.2, -0.15) is 0 Å². The van der Waals surface area contributed by atoms with E-state index in [-0.39, 0.29) is 11.8 Å². The number of hydrogen-bond acceptors (Lipinski definition) is 6. The first kappa shape index (κ1) is 21.1. The Kier molecular flexibility index (Phi) is 7.05. The van der Waals surface area contributed by atoms with Crippen molar-refractivity contribution in [2.45, 2.75) is 25.9 Å². The minimum absolute atomic E-state index is 0.224. The van der Waals surface area contributed by atoms with Gasteiger partial charge in [0.15, 0.2) is 0 Å². The zero-order valence-electron chi connectivity index (χ0n) is 16.2. The number of imidazole rings is 1. The maximum atomic E-state index is 12.8. The molecule has 2 heterocycles. The molecule has 1 atom stereocenters. The highest BCUT2D eigenvalue weighted by atomic mass is 32.2. The zero-order valence-corrected chi connectivity index (χ0v) is 17.8. The number of thiocarbonyl (C=S) groups is 1. The summed E-state index contributed by atoms with van der Waals surface area (Å²) in [5.41, 5.74) is 0.864. The highest BCUT2D eigenvalue weighted by Gasteiger charge is 2.38. The van der Waals surface area contributed by atoms with Gasteiger partial charge in [0.2, 0.25) is 5.91 Å². The summed E-state index contributed by atoms with van der Waals surface area (Å²) in [6, 6.07) is 6.71. The summed E-state index contributed by atoms with van der Waals surface area (Å²) in [5, 5.41) is 2.87. The van der Waals surface area contributed by atoms with E-state index in [0.717, 1.165) is 24.3 Å². The van der Waals surface area contributed by atoms with Crippen LogP contribution < -0.4 is 10.1 Å². The van der Waals surface area contributed by atoms with E-state index in [1.165, 1.54) is 16.7 Å². The number of nitrogens with one attached hydrogen (secondary N) is 1. The van der Waals surface area contributed by atoms with Crippen LogP contribution in [0.1, 0.15) is 18.9 Å². The molecule has 0 spiro atoms. The average molecular weight is 431 g/mol. The van der Waals surface area contributed by atoms with Gasteiger partial charge in [0, 0.05) is 25.5 Å². The van der Waals surface area contributed by atoms with Gasteiger partial charge in [-0.1, -0.05) is 36.1 Å². The Hall–Kier alpha value is -2.65. The monoisotopic (exact) mass is 430 g/mol. The fourth-order valence-electron chi connectivity index (χ4n) is 2.82. The maximum absolute atomic E-state index is 12.8. The van der Waals surface area contributed by atoms with Gasteiger partial charge in [0.1, 0.15) is 16.1 Å². The second kappa shape index (κ2) is 9.71. The summed E-state index contributed by atoms with van der Waals surface area (Å²) in [4.78, 5) is 31.2.